The van der Waals surface area contributed by atoms with Gasteiger partial charge in [0.15, 0.2) is 0 Å². The maximum absolute atomic E-state index is 12.3. The summed E-state index contributed by atoms with van der Waals surface area (Å²) in [5.41, 5.74) is 0. The zero-order chi connectivity index (χ0) is 10.9. The molecule has 1 heterocycles. The van der Waals surface area contributed by atoms with Gasteiger partial charge in [0.2, 0.25) is 6.17 Å². The summed E-state index contributed by atoms with van der Waals surface area (Å²) in [4.78, 5) is -0.0208. The molecule has 0 aromatic heterocycles. The zero-order valence-corrected chi connectivity index (χ0v) is 7.65. The Labute approximate surface area is 79.2 Å². The van der Waals surface area contributed by atoms with Crippen LogP contribution in [0.4, 0.5) is 13.2 Å². The molecule has 0 bridgehead atoms. The van der Waals surface area contributed by atoms with E-state index >= 15 is 0 Å². The summed E-state index contributed by atoms with van der Waals surface area (Å²) < 4.78 is 36.9. The summed E-state index contributed by atoms with van der Waals surface area (Å²) in [6.45, 7) is 3.34. The molecule has 78 valence electrons. The largest absolute Gasteiger partial charge is 0.488 e. The lowest BCUT2D eigenvalue weighted by molar-refractivity contribution is -0.229. The van der Waals surface area contributed by atoms with Crippen molar-refractivity contribution in [2.24, 2.45) is 5.10 Å². The molecule has 0 aromatic rings. The first kappa shape index (κ1) is 10.6. The summed E-state index contributed by atoms with van der Waals surface area (Å²) in [7, 11) is 0. The van der Waals surface area contributed by atoms with Crippen molar-refractivity contribution in [3.8, 4) is 6.07 Å². The molecule has 1 unspecified atom stereocenters. The Balaban J connectivity index is 2.87. The Kier molecular flexibility index (Phi) is 2.55. The highest BCUT2D eigenvalue weighted by molar-refractivity contribution is 5.58. The molecule has 1 rings (SSSR count). The second-order valence-electron chi connectivity index (χ2n) is 3.08. The summed E-state index contributed by atoms with van der Waals surface area (Å²) in [5, 5.41) is 13.2. The van der Waals surface area contributed by atoms with Crippen molar-refractivity contribution in [2.45, 2.75) is 32.4 Å². The number of hydrogen-bond acceptors (Lipinski definition) is 4. The van der Waals surface area contributed by atoms with Gasteiger partial charge in [-0.05, 0) is 13.8 Å². The highest BCUT2D eigenvalue weighted by atomic mass is 19.4. The van der Waals surface area contributed by atoms with Gasteiger partial charge in [0.1, 0.15) is 12.4 Å². The smallest absolute Gasteiger partial charge is 0.257 e. The normalized spacial score (nSPS) is 21.9. The van der Waals surface area contributed by atoms with Crippen LogP contribution >= 0.6 is 0 Å². The maximum atomic E-state index is 12.3. The second-order valence-corrected chi connectivity index (χ2v) is 3.08. The number of alkyl halides is 3. The number of rotatable bonds is 1. The number of nitrogens with zero attached hydrogens (tertiary/aromatic N) is 4. The van der Waals surface area contributed by atoms with Crippen LogP contribution < -0.4 is 0 Å². The number of hydrazone groups is 1. The third-order valence-electron chi connectivity index (χ3n) is 1.76. The Morgan fingerprint density at radius 3 is 2.43 bits per heavy atom. The summed E-state index contributed by atoms with van der Waals surface area (Å²) in [6, 6.07) is 1.31. The molecule has 1 aliphatic heterocycles. The molecule has 0 amide bonds. The average molecular weight is 206 g/mol. The minimum Gasteiger partial charge on any atom is -0.257 e. The zero-order valence-electron chi connectivity index (χ0n) is 7.65. The molecule has 0 aliphatic carbocycles. The maximum Gasteiger partial charge on any atom is 0.488 e. The topological polar surface area (TPSA) is 42.6 Å². The Morgan fingerprint density at radius 2 is 2.07 bits per heavy atom. The molecule has 0 saturated carbocycles. The fourth-order valence-corrected chi connectivity index (χ4v) is 1.11. The predicted molar refractivity (Wildman–Crippen MR) is 42.8 cm³/mol. The first-order chi connectivity index (χ1) is 6.38. The molecular formula is C7H9F3N4. The lowest BCUT2D eigenvalue weighted by atomic mass is 10.3. The highest BCUT2D eigenvalue weighted by Gasteiger charge is 2.46. The van der Waals surface area contributed by atoms with Gasteiger partial charge < -0.3 is 0 Å². The van der Waals surface area contributed by atoms with Gasteiger partial charge in [-0.25, -0.2) is 4.90 Å². The van der Waals surface area contributed by atoms with Crippen LogP contribution in [-0.2, 0) is 0 Å². The quantitative estimate of drug-likeness (QED) is 0.608. The third-order valence-corrected chi connectivity index (χ3v) is 1.76. The van der Waals surface area contributed by atoms with Crippen LogP contribution in [0.3, 0.4) is 0 Å². The van der Waals surface area contributed by atoms with Crippen molar-refractivity contribution in [1.29, 1.82) is 5.26 Å². The standard InChI is InChI=1S/C7H9F3N4/c1-5(2)14-6(3-11)13(4-12-14)7(8,9)10/h4-6H,1-2H3. The molecular weight excluding hydrogens is 197 g/mol. The first-order valence-electron chi connectivity index (χ1n) is 3.95. The van der Waals surface area contributed by atoms with E-state index < -0.39 is 12.5 Å². The molecule has 0 fully saturated rings. The van der Waals surface area contributed by atoms with Gasteiger partial charge >= 0.3 is 6.30 Å². The van der Waals surface area contributed by atoms with Crippen LogP contribution in [0.25, 0.3) is 0 Å². The average Bonchev–Trinajstić information content (AvgIpc) is 2.45. The van der Waals surface area contributed by atoms with Crippen LogP contribution in [0.2, 0.25) is 0 Å². The summed E-state index contributed by atoms with van der Waals surface area (Å²) >= 11 is 0. The van der Waals surface area contributed by atoms with E-state index in [1.165, 1.54) is 0 Å². The molecule has 0 aromatic carbocycles. The number of nitriles is 1. The van der Waals surface area contributed by atoms with Crippen molar-refractivity contribution < 1.29 is 13.2 Å². The molecule has 4 nitrogen and oxygen atoms in total. The van der Waals surface area contributed by atoms with E-state index in [0.717, 1.165) is 5.01 Å². The number of halogens is 3. The van der Waals surface area contributed by atoms with Gasteiger partial charge in [0.05, 0.1) is 0 Å². The monoisotopic (exact) mass is 206 g/mol. The van der Waals surface area contributed by atoms with Gasteiger partial charge in [-0.2, -0.15) is 10.4 Å². The Hall–Kier alpha value is -1.45. The SMILES string of the molecule is CC(C)N1N=CN(C(F)(F)F)C1C#N. The van der Waals surface area contributed by atoms with Gasteiger partial charge in [0.25, 0.3) is 0 Å². The molecule has 0 spiro atoms. The molecule has 14 heavy (non-hydrogen) atoms. The van der Waals surface area contributed by atoms with Crippen LogP contribution in [-0.4, -0.2) is 34.8 Å². The van der Waals surface area contributed by atoms with E-state index in [-0.39, 0.29) is 10.9 Å². The van der Waals surface area contributed by atoms with Crippen molar-refractivity contribution in [3.05, 3.63) is 0 Å². The lowest BCUT2D eigenvalue weighted by Crippen LogP contribution is -2.48. The third kappa shape index (κ3) is 1.73. The van der Waals surface area contributed by atoms with E-state index in [2.05, 4.69) is 5.10 Å². The molecule has 0 N–H and O–H groups in total. The van der Waals surface area contributed by atoms with Crippen LogP contribution in [0.15, 0.2) is 5.10 Å². The van der Waals surface area contributed by atoms with Gasteiger partial charge in [-0.3, -0.25) is 5.01 Å². The van der Waals surface area contributed by atoms with Gasteiger partial charge in [-0.1, -0.05) is 0 Å². The van der Waals surface area contributed by atoms with E-state index in [0.29, 0.717) is 6.34 Å². The predicted octanol–water partition coefficient (Wildman–Crippen LogP) is 1.33. The van der Waals surface area contributed by atoms with Crippen molar-refractivity contribution in [3.63, 3.8) is 0 Å². The summed E-state index contributed by atoms with van der Waals surface area (Å²) in [6.07, 6.45) is -5.32. The molecule has 0 saturated heterocycles. The number of hydrogen-bond donors (Lipinski definition) is 0. The second kappa shape index (κ2) is 3.36. The highest BCUT2D eigenvalue weighted by Crippen LogP contribution is 2.27. The van der Waals surface area contributed by atoms with Gasteiger partial charge in [0, 0.05) is 6.04 Å². The van der Waals surface area contributed by atoms with Crippen LogP contribution in [0.5, 0.6) is 0 Å². The fraction of sp³-hybridized carbons (Fsp3) is 0.714. The molecule has 1 atom stereocenters. The van der Waals surface area contributed by atoms with Crippen molar-refractivity contribution in [1.82, 2.24) is 9.91 Å². The minimum absolute atomic E-state index is 0.0208. The van der Waals surface area contributed by atoms with Crippen LogP contribution in [0.1, 0.15) is 13.8 Å². The van der Waals surface area contributed by atoms with Crippen LogP contribution in [0, 0.1) is 11.3 Å². The van der Waals surface area contributed by atoms with Crippen molar-refractivity contribution in [2.75, 3.05) is 0 Å². The van der Waals surface area contributed by atoms with E-state index in [4.69, 9.17) is 5.26 Å². The lowest BCUT2D eigenvalue weighted by Gasteiger charge is -2.28. The molecule has 7 heteroatoms. The van der Waals surface area contributed by atoms with E-state index in [1.807, 2.05) is 0 Å². The Bertz CT molecular complexity index is 278. The Morgan fingerprint density at radius 1 is 1.50 bits per heavy atom. The summed E-state index contributed by atoms with van der Waals surface area (Å²) in [5.74, 6) is 0. The first-order valence-corrected chi connectivity index (χ1v) is 3.95. The fourth-order valence-electron chi connectivity index (χ4n) is 1.11. The molecule has 1 aliphatic rings. The minimum atomic E-state index is -4.56. The molecule has 0 radical (unpaired) electrons. The van der Waals surface area contributed by atoms with E-state index in [9.17, 15) is 13.2 Å². The van der Waals surface area contributed by atoms with Crippen molar-refractivity contribution >= 4 is 6.34 Å². The van der Waals surface area contributed by atoms with Gasteiger partial charge in [-0.15, -0.1) is 13.2 Å². The van der Waals surface area contributed by atoms with E-state index in [1.54, 1.807) is 19.9 Å².